The van der Waals surface area contributed by atoms with E-state index < -0.39 is 6.03 Å². The first kappa shape index (κ1) is 18.6. The number of urea groups is 1. The lowest BCUT2D eigenvalue weighted by Crippen LogP contribution is -2.29. The predicted molar refractivity (Wildman–Crippen MR) is 96.8 cm³/mol. The Morgan fingerprint density at radius 3 is 2.60 bits per heavy atom. The Morgan fingerprint density at radius 1 is 1.24 bits per heavy atom. The van der Waals surface area contributed by atoms with Crippen molar-refractivity contribution in [3.63, 3.8) is 0 Å². The van der Waals surface area contributed by atoms with Gasteiger partial charge in [0.25, 0.3) is 0 Å². The standard InChI is InChI=1S/C16H20ClN5O3/c1-22(2)15-5-6-18-14(21-15)9-19-16(23)20-11-7-10(17)12(24-3)8-13(11)25-4/h5-8H,9H2,1-4H3,(H2,19,20,23). The van der Waals surface area contributed by atoms with E-state index in [-0.39, 0.29) is 6.54 Å². The van der Waals surface area contributed by atoms with E-state index in [1.807, 2.05) is 19.0 Å². The zero-order chi connectivity index (χ0) is 18.4. The van der Waals surface area contributed by atoms with Gasteiger partial charge in [-0.25, -0.2) is 14.8 Å². The van der Waals surface area contributed by atoms with Crippen LogP contribution in [0, 0.1) is 0 Å². The van der Waals surface area contributed by atoms with E-state index >= 15 is 0 Å². The molecule has 0 unspecified atom stereocenters. The van der Waals surface area contributed by atoms with Gasteiger partial charge in [0.05, 0.1) is 31.5 Å². The molecule has 2 amide bonds. The highest BCUT2D eigenvalue weighted by Gasteiger charge is 2.12. The van der Waals surface area contributed by atoms with Gasteiger partial charge in [0.1, 0.15) is 23.1 Å². The summed E-state index contributed by atoms with van der Waals surface area (Å²) in [5.74, 6) is 2.15. The maximum absolute atomic E-state index is 12.1. The number of amides is 2. The topological polar surface area (TPSA) is 88.6 Å². The van der Waals surface area contributed by atoms with E-state index in [0.29, 0.717) is 28.0 Å². The minimum Gasteiger partial charge on any atom is -0.495 e. The number of methoxy groups -OCH3 is 2. The number of nitrogens with one attached hydrogen (secondary N) is 2. The van der Waals surface area contributed by atoms with Crippen LogP contribution in [0.4, 0.5) is 16.3 Å². The van der Waals surface area contributed by atoms with Gasteiger partial charge in [-0.15, -0.1) is 0 Å². The Bertz CT molecular complexity index is 755. The lowest BCUT2D eigenvalue weighted by atomic mass is 10.2. The molecule has 0 aliphatic carbocycles. The smallest absolute Gasteiger partial charge is 0.319 e. The first-order valence-electron chi connectivity index (χ1n) is 7.40. The molecule has 0 aliphatic heterocycles. The minimum absolute atomic E-state index is 0.180. The van der Waals surface area contributed by atoms with Gasteiger partial charge >= 0.3 is 6.03 Å². The van der Waals surface area contributed by atoms with Gasteiger partial charge in [-0.2, -0.15) is 0 Å². The van der Waals surface area contributed by atoms with Crippen molar-refractivity contribution in [2.45, 2.75) is 6.54 Å². The second-order valence-corrected chi connectivity index (χ2v) is 5.63. The molecule has 0 fully saturated rings. The Labute approximate surface area is 151 Å². The van der Waals surface area contributed by atoms with Crippen LogP contribution in [0.5, 0.6) is 11.5 Å². The Kier molecular flexibility index (Phi) is 6.24. The van der Waals surface area contributed by atoms with Crippen LogP contribution in [-0.4, -0.2) is 44.3 Å². The third-order valence-electron chi connectivity index (χ3n) is 3.28. The summed E-state index contributed by atoms with van der Waals surface area (Å²) in [6.07, 6.45) is 1.64. The normalized spacial score (nSPS) is 10.1. The summed E-state index contributed by atoms with van der Waals surface area (Å²) in [6, 6.07) is 4.51. The molecular weight excluding hydrogens is 346 g/mol. The van der Waals surface area contributed by atoms with Crippen molar-refractivity contribution in [1.29, 1.82) is 0 Å². The molecule has 0 radical (unpaired) electrons. The number of rotatable bonds is 6. The molecular formula is C16H20ClN5O3. The molecule has 1 aromatic heterocycles. The van der Waals surface area contributed by atoms with E-state index in [4.69, 9.17) is 21.1 Å². The van der Waals surface area contributed by atoms with Crippen LogP contribution >= 0.6 is 11.6 Å². The highest BCUT2D eigenvalue weighted by molar-refractivity contribution is 6.32. The first-order valence-corrected chi connectivity index (χ1v) is 7.78. The second kappa shape index (κ2) is 8.39. The highest BCUT2D eigenvalue weighted by Crippen LogP contribution is 2.35. The van der Waals surface area contributed by atoms with Gasteiger partial charge in [0.15, 0.2) is 0 Å². The van der Waals surface area contributed by atoms with Gasteiger partial charge < -0.3 is 25.0 Å². The zero-order valence-corrected chi connectivity index (χ0v) is 15.2. The molecule has 134 valence electrons. The van der Waals surface area contributed by atoms with Crippen molar-refractivity contribution in [1.82, 2.24) is 15.3 Å². The van der Waals surface area contributed by atoms with E-state index in [2.05, 4.69) is 20.6 Å². The Morgan fingerprint density at radius 2 is 1.96 bits per heavy atom. The SMILES string of the molecule is COc1cc(OC)c(NC(=O)NCc2nccc(N(C)C)n2)cc1Cl. The number of nitrogens with zero attached hydrogens (tertiary/aromatic N) is 3. The summed E-state index contributed by atoms with van der Waals surface area (Å²) in [5.41, 5.74) is 0.425. The summed E-state index contributed by atoms with van der Waals surface area (Å²) in [4.78, 5) is 22.4. The molecule has 8 nitrogen and oxygen atoms in total. The van der Waals surface area contributed by atoms with Gasteiger partial charge in [-0.1, -0.05) is 11.6 Å². The van der Waals surface area contributed by atoms with Crippen molar-refractivity contribution in [2.24, 2.45) is 0 Å². The number of hydrogen-bond acceptors (Lipinski definition) is 6. The maximum atomic E-state index is 12.1. The second-order valence-electron chi connectivity index (χ2n) is 5.22. The van der Waals surface area contributed by atoms with Crippen LogP contribution in [0.2, 0.25) is 5.02 Å². The monoisotopic (exact) mass is 365 g/mol. The lowest BCUT2D eigenvalue weighted by molar-refractivity contribution is 0.251. The fourth-order valence-electron chi connectivity index (χ4n) is 2.01. The van der Waals surface area contributed by atoms with Crippen LogP contribution in [-0.2, 0) is 6.54 Å². The van der Waals surface area contributed by atoms with E-state index in [0.717, 1.165) is 5.82 Å². The highest BCUT2D eigenvalue weighted by atomic mass is 35.5. The van der Waals surface area contributed by atoms with E-state index in [9.17, 15) is 4.79 Å². The number of ether oxygens (including phenoxy) is 2. The molecule has 2 rings (SSSR count). The molecule has 9 heteroatoms. The van der Waals surface area contributed by atoms with E-state index in [1.165, 1.54) is 14.2 Å². The van der Waals surface area contributed by atoms with Crippen LogP contribution in [0.3, 0.4) is 0 Å². The largest absolute Gasteiger partial charge is 0.495 e. The average Bonchev–Trinajstić information content (AvgIpc) is 2.60. The number of hydrogen-bond donors (Lipinski definition) is 2. The van der Waals surface area contributed by atoms with Crippen LogP contribution < -0.4 is 25.0 Å². The number of carbonyl (C=O) groups is 1. The fourth-order valence-corrected chi connectivity index (χ4v) is 2.25. The summed E-state index contributed by atoms with van der Waals surface area (Å²) >= 11 is 6.09. The van der Waals surface area contributed by atoms with Crippen LogP contribution in [0.25, 0.3) is 0 Å². The molecule has 0 saturated heterocycles. The molecule has 0 aliphatic rings. The Balaban J connectivity index is 2.03. The van der Waals surface area contributed by atoms with Crippen molar-refractivity contribution in [2.75, 3.05) is 38.5 Å². The molecule has 1 heterocycles. The van der Waals surface area contributed by atoms with Crippen LogP contribution in [0.15, 0.2) is 24.4 Å². The molecule has 0 atom stereocenters. The molecule has 0 saturated carbocycles. The van der Waals surface area contributed by atoms with Crippen LogP contribution in [0.1, 0.15) is 5.82 Å². The molecule has 2 aromatic rings. The molecule has 0 bridgehead atoms. The number of benzene rings is 1. The van der Waals surface area contributed by atoms with Gasteiger partial charge in [0.2, 0.25) is 0 Å². The zero-order valence-electron chi connectivity index (χ0n) is 14.5. The van der Waals surface area contributed by atoms with Crippen molar-refractivity contribution in [3.05, 3.63) is 35.2 Å². The molecule has 1 aromatic carbocycles. The molecule has 0 spiro atoms. The first-order chi connectivity index (χ1) is 11.9. The predicted octanol–water partition coefficient (Wildman–Crippen LogP) is 2.53. The molecule has 2 N–H and O–H groups in total. The van der Waals surface area contributed by atoms with Gasteiger partial charge in [-0.05, 0) is 12.1 Å². The third-order valence-corrected chi connectivity index (χ3v) is 3.57. The minimum atomic E-state index is -0.432. The number of aromatic nitrogens is 2. The summed E-state index contributed by atoms with van der Waals surface area (Å²) in [6.45, 7) is 0.180. The van der Waals surface area contributed by atoms with Crippen molar-refractivity contribution < 1.29 is 14.3 Å². The number of anilines is 2. The third kappa shape index (κ3) is 4.87. The van der Waals surface area contributed by atoms with E-state index in [1.54, 1.807) is 24.4 Å². The number of carbonyl (C=O) groups excluding carboxylic acids is 1. The maximum Gasteiger partial charge on any atom is 0.319 e. The fraction of sp³-hybridized carbons (Fsp3) is 0.312. The number of halogens is 1. The quantitative estimate of drug-likeness (QED) is 0.817. The molecule has 25 heavy (non-hydrogen) atoms. The average molecular weight is 366 g/mol. The van der Waals surface area contributed by atoms with Gasteiger partial charge in [-0.3, -0.25) is 0 Å². The summed E-state index contributed by atoms with van der Waals surface area (Å²) in [5, 5.41) is 5.73. The van der Waals surface area contributed by atoms with Crippen molar-refractivity contribution >= 4 is 29.1 Å². The van der Waals surface area contributed by atoms with Gasteiger partial charge in [0, 0.05) is 26.4 Å². The summed E-state index contributed by atoms with van der Waals surface area (Å²) in [7, 11) is 6.76. The summed E-state index contributed by atoms with van der Waals surface area (Å²) < 4.78 is 10.4. The lowest BCUT2D eigenvalue weighted by Gasteiger charge is -2.14. The van der Waals surface area contributed by atoms with Crippen molar-refractivity contribution in [3.8, 4) is 11.5 Å². The Hall–Kier alpha value is -2.74.